The minimum Gasteiger partial charge on any atom is -0.497 e. The van der Waals surface area contributed by atoms with Crippen LogP contribution in [0.3, 0.4) is 0 Å². The highest BCUT2D eigenvalue weighted by Gasteiger charge is 2.35. The number of benzene rings is 2. The first kappa shape index (κ1) is 17.8. The minimum atomic E-state index is -0.738. The predicted octanol–water partition coefficient (Wildman–Crippen LogP) is 2.54. The molecule has 1 aliphatic heterocycles. The molecule has 0 fully saturated rings. The molecule has 0 aromatic heterocycles. The number of aliphatic hydroxyl groups excluding tert-OH is 1. The Bertz CT molecular complexity index is 838. The molecule has 1 atom stereocenters. The number of carbonyl (C=O) groups is 1. The molecule has 0 amide bonds. The second-order valence-electron chi connectivity index (χ2n) is 5.66. The molecular formula is C20H20O6. The molecule has 0 bridgehead atoms. The maximum Gasteiger partial charge on any atom is 0.339 e. The fraction of sp³-hybridized carbons (Fsp3) is 0.250. The number of hydrogen-bond acceptors (Lipinski definition) is 6. The first-order valence-electron chi connectivity index (χ1n) is 8.05. The third-order valence-corrected chi connectivity index (χ3v) is 4.28. The van der Waals surface area contributed by atoms with E-state index in [4.69, 9.17) is 18.9 Å². The van der Waals surface area contributed by atoms with Crippen LogP contribution in [-0.2, 0) is 9.53 Å². The van der Waals surface area contributed by atoms with E-state index in [0.29, 0.717) is 34.0 Å². The summed E-state index contributed by atoms with van der Waals surface area (Å²) in [7, 11) is 4.67. The molecule has 0 saturated heterocycles. The first-order valence-corrected chi connectivity index (χ1v) is 8.05. The number of cyclic esters (lactones) is 1. The van der Waals surface area contributed by atoms with Gasteiger partial charge in [-0.3, -0.25) is 0 Å². The molecule has 1 unspecified atom stereocenters. The average molecular weight is 356 g/mol. The summed E-state index contributed by atoms with van der Waals surface area (Å²) < 4.78 is 21.1. The molecule has 1 aliphatic rings. The lowest BCUT2D eigenvalue weighted by Gasteiger charge is -2.14. The Morgan fingerprint density at radius 3 is 2.15 bits per heavy atom. The van der Waals surface area contributed by atoms with Gasteiger partial charge in [-0.15, -0.1) is 0 Å². The van der Waals surface area contributed by atoms with E-state index in [-0.39, 0.29) is 6.61 Å². The fourth-order valence-electron chi connectivity index (χ4n) is 3.01. The van der Waals surface area contributed by atoms with Crippen molar-refractivity contribution in [1.29, 1.82) is 0 Å². The summed E-state index contributed by atoms with van der Waals surface area (Å²) in [4.78, 5) is 12.5. The lowest BCUT2D eigenvalue weighted by atomic mass is 9.93. The van der Waals surface area contributed by atoms with Gasteiger partial charge in [0.05, 0.1) is 33.5 Å². The lowest BCUT2D eigenvalue weighted by Crippen LogP contribution is -2.15. The van der Waals surface area contributed by atoms with Crippen LogP contribution in [0.25, 0.3) is 11.1 Å². The zero-order chi connectivity index (χ0) is 18.7. The van der Waals surface area contributed by atoms with Crippen LogP contribution in [0.15, 0.2) is 42.5 Å². The van der Waals surface area contributed by atoms with Gasteiger partial charge in [0.1, 0.15) is 5.75 Å². The van der Waals surface area contributed by atoms with E-state index in [0.717, 1.165) is 5.56 Å². The molecule has 0 saturated carbocycles. The van der Waals surface area contributed by atoms with Crippen LogP contribution in [0.4, 0.5) is 0 Å². The van der Waals surface area contributed by atoms with E-state index in [9.17, 15) is 9.90 Å². The number of rotatable bonds is 6. The third-order valence-electron chi connectivity index (χ3n) is 4.28. The molecule has 3 rings (SSSR count). The highest BCUT2D eigenvalue weighted by molar-refractivity contribution is 6.28. The van der Waals surface area contributed by atoms with Crippen molar-refractivity contribution in [2.24, 2.45) is 0 Å². The quantitative estimate of drug-likeness (QED) is 0.802. The third kappa shape index (κ3) is 3.11. The SMILES string of the molecule is COc1ccc(C2=C(c3ccc(OC)c(OC)c3)C(CO)OC2=O)cc1. The Morgan fingerprint density at radius 2 is 1.58 bits per heavy atom. The largest absolute Gasteiger partial charge is 0.497 e. The molecule has 0 radical (unpaired) electrons. The van der Waals surface area contributed by atoms with Crippen molar-refractivity contribution in [3.63, 3.8) is 0 Å². The second-order valence-corrected chi connectivity index (χ2v) is 5.66. The number of aliphatic hydroxyl groups is 1. The molecule has 6 heteroatoms. The van der Waals surface area contributed by atoms with Gasteiger partial charge in [0.25, 0.3) is 0 Å². The van der Waals surface area contributed by atoms with Crippen LogP contribution in [0.2, 0.25) is 0 Å². The van der Waals surface area contributed by atoms with Crippen molar-refractivity contribution in [3.05, 3.63) is 53.6 Å². The number of hydrogen-bond donors (Lipinski definition) is 1. The van der Waals surface area contributed by atoms with Crippen molar-refractivity contribution in [2.75, 3.05) is 27.9 Å². The van der Waals surface area contributed by atoms with Gasteiger partial charge in [-0.1, -0.05) is 18.2 Å². The van der Waals surface area contributed by atoms with Gasteiger partial charge in [0.2, 0.25) is 0 Å². The number of methoxy groups -OCH3 is 3. The van der Waals surface area contributed by atoms with E-state index in [1.807, 2.05) is 6.07 Å². The number of carbonyl (C=O) groups excluding carboxylic acids is 1. The predicted molar refractivity (Wildman–Crippen MR) is 96.3 cm³/mol. The second kappa shape index (κ2) is 7.49. The Kier molecular flexibility index (Phi) is 5.14. The summed E-state index contributed by atoms with van der Waals surface area (Å²) in [5, 5.41) is 9.70. The van der Waals surface area contributed by atoms with Crippen molar-refractivity contribution in [2.45, 2.75) is 6.10 Å². The van der Waals surface area contributed by atoms with Crippen LogP contribution >= 0.6 is 0 Å². The molecular weight excluding hydrogens is 336 g/mol. The van der Waals surface area contributed by atoms with Gasteiger partial charge >= 0.3 is 5.97 Å². The Balaban J connectivity index is 2.17. The van der Waals surface area contributed by atoms with E-state index < -0.39 is 12.1 Å². The normalized spacial score (nSPS) is 16.5. The smallest absolute Gasteiger partial charge is 0.339 e. The molecule has 1 heterocycles. The molecule has 2 aromatic rings. The van der Waals surface area contributed by atoms with Gasteiger partial charge in [-0.05, 0) is 35.4 Å². The average Bonchev–Trinajstić information content (AvgIpc) is 3.03. The molecule has 136 valence electrons. The van der Waals surface area contributed by atoms with Gasteiger partial charge in [-0.25, -0.2) is 4.79 Å². The molecule has 0 aliphatic carbocycles. The number of esters is 1. The summed E-state index contributed by atoms with van der Waals surface area (Å²) in [6, 6.07) is 12.4. The van der Waals surface area contributed by atoms with Crippen LogP contribution in [0.5, 0.6) is 17.2 Å². The molecule has 1 N–H and O–H groups in total. The van der Waals surface area contributed by atoms with Crippen molar-refractivity contribution >= 4 is 17.1 Å². The van der Waals surface area contributed by atoms with Crippen molar-refractivity contribution in [1.82, 2.24) is 0 Å². The Morgan fingerprint density at radius 1 is 0.923 bits per heavy atom. The van der Waals surface area contributed by atoms with Gasteiger partial charge in [0.15, 0.2) is 17.6 Å². The molecule has 6 nitrogen and oxygen atoms in total. The van der Waals surface area contributed by atoms with Crippen LogP contribution in [0, 0.1) is 0 Å². The monoisotopic (exact) mass is 356 g/mol. The number of ether oxygens (including phenoxy) is 4. The molecule has 2 aromatic carbocycles. The van der Waals surface area contributed by atoms with Gasteiger partial charge < -0.3 is 24.1 Å². The molecule has 26 heavy (non-hydrogen) atoms. The van der Waals surface area contributed by atoms with Crippen LogP contribution < -0.4 is 14.2 Å². The Labute approximate surface area is 151 Å². The van der Waals surface area contributed by atoms with Gasteiger partial charge in [0, 0.05) is 5.57 Å². The van der Waals surface area contributed by atoms with Crippen LogP contribution in [-0.4, -0.2) is 45.1 Å². The highest BCUT2D eigenvalue weighted by Crippen LogP contribution is 2.40. The van der Waals surface area contributed by atoms with E-state index >= 15 is 0 Å². The Hall–Kier alpha value is -2.99. The maximum atomic E-state index is 12.5. The summed E-state index contributed by atoms with van der Waals surface area (Å²) in [5.41, 5.74) is 2.44. The zero-order valence-corrected chi connectivity index (χ0v) is 14.8. The lowest BCUT2D eigenvalue weighted by molar-refractivity contribution is -0.138. The fourth-order valence-corrected chi connectivity index (χ4v) is 3.01. The van der Waals surface area contributed by atoms with E-state index in [1.165, 1.54) is 0 Å². The topological polar surface area (TPSA) is 74.2 Å². The highest BCUT2D eigenvalue weighted by atomic mass is 16.6. The standard InChI is InChI=1S/C20H20O6/c1-23-14-7-4-12(5-8-14)19-18(17(11-21)26-20(19)22)13-6-9-15(24-2)16(10-13)25-3/h4-10,17,21H,11H2,1-3H3. The summed E-state index contributed by atoms with van der Waals surface area (Å²) >= 11 is 0. The van der Waals surface area contributed by atoms with Crippen molar-refractivity contribution in [3.8, 4) is 17.2 Å². The zero-order valence-electron chi connectivity index (χ0n) is 14.8. The van der Waals surface area contributed by atoms with E-state index in [2.05, 4.69) is 0 Å². The van der Waals surface area contributed by atoms with E-state index in [1.54, 1.807) is 57.7 Å². The summed E-state index contributed by atoms with van der Waals surface area (Å²) in [5.74, 6) is 1.32. The first-order chi connectivity index (χ1) is 12.6. The molecule has 0 spiro atoms. The minimum absolute atomic E-state index is 0.310. The summed E-state index contributed by atoms with van der Waals surface area (Å²) in [6.07, 6.45) is -0.738. The maximum absolute atomic E-state index is 12.5. The van der Waals surface area contributed by atoms with Crippen LogP contribution in [0.1, 0.15) is 11.1 Å². The summed E-state index contributed by atoms with van der Waals surface area (Å²) in [6.45, 7) is -0.310. The van der Waals surface area contributed by atoms with Crippen molar-refractivity contribution < 1.29 is 28.8 Å². The van der Waals surface area contributed by atoms with Gasteiger partial charge in [-0.2, -0.15) is 0 Å².